The highest BCUT2D eigenvalue weighted by Crippen LogP contribution is 2.39. The number of aryl methyl sites for hydroxylation is 1. The molecule has 0 aromatic heterocycles. The van der Waals surface area contributed by atoms with Crippen LogP contribution in [0.2, 0.25) is 0 Å². The van der Waals surface area contributed by atoms with Gasteiger partial charge in [-0.05, 0) is 111 Å². The van der Waals surface area contributed by atoms with Crippen LogP contribution in [0.3, 0.4) is 0 Å². The summed E-state index contributed by atoms with van der Waals surface area (Å²) in [6.45, 7) is 4.95. The summed E-state index contributed by atoms with van der Waals surface area (Å²) in [6.07, 6.45) is 16.1. The van der Waals surface area contributed by atoms with Crippen molar-refractivity contribution in [2.75, 3.05) is 6.61 Å². The molecular weight excluding hydrogens is 481 g/mol. The molecule has 0 radical (unpaired) electrons. The van der Waals surface area contributed by atoms with Gasteiger partial charge in [-0.1, -0.05) is 63.8 Å². The zero-order valence-electron chi connectivity index (χ0n) is 23.3. The number of rotatable bonds is 12. The van der Waals surface area contributed by atoms with Crippen molar-refractivity contribution in [3.63, 3.8) is 0 Å². The minimum Gasteiger partial charge on any atom is -0.491 e. The molecule has 4 heteroatoms. The Kier molecular flexibility index (Phi) is 10.8. The summed E-state index contributed by atoms with van der Waals surface area (Å²) in [7, 11) is 0. The highest BCUT2D eigenvalue weighted by molar-refractivity contribution is 5.67. The van der Waals surface area contributed by atoms with Gasteiger partial charge >= 0.3 is 0 Å². The maximum atomic E-state index is 14.9. The Balaban J connectivity index is 1.23. The van der Waals surface area contributed by atoms with Crippen molar-refractivity contribution in [1.29, 1.82) is 0 Å². The zero-order chi connectivity index (χ0) is 26.9. The Morgan fingerprint density at radius 2 is 1.66 bits per heavy atom. The minimum absolute atomic E-state index is 0.266. The van der Waals surface area contributed by atoms with Crippen LogP contribution in [0.25, 0.3) is 5.57 Å². The van der Waals surface area contributed by atoms with E-state index >= 15 is 0 Å². The molecule has 1 nitrogen and oxygen atoms in total. The van der Waals surface area contributed by atoms with Gasteiger partial charge in [-0.2, -0.15) is 0 Å². The lowest BCUT2D eigenvalue weighted by atomic mass is 9.77. The third-order valence-corrected chi connectivity index (χ3v) is 8.78. The summed E-state index contributed by atoms with van der Waals surface area (Å²) in [5, 5.41) is 0. The highest BCUT2D eigenvalue weighted by atomic mass is 19.2. The SMILES string of the molecule is CCCCCCCOc1ccc(C2CCC(CCc3ccc(C4=CCC(C)CC4)c(F)c3F)CC2)cc1F. The monoisotopic (exact) mass is 526 g/mol. The molecule has 1 fully saturated rings. The molecule has 1 saturated carbocycles. The summed E-state index contributed by atoms with van der Waals surface area (Å²) in [5.74, 6) is 0.195. The lowest BCUT2D eigenvalue weighted by Gasteiger charge is -2.29. The number of halogens is 3. The second kappa shape index (κ2) is 14.2. The minimum atomic E-state index is -0.682. The first-order valence-electron chi connectivity index (χ1n) is 15.0. The maximum Gasteiger partial charge on any atom is 0.166 e. The highest BCUT2D eigenvalue weighted by Gasteiger charge is 2.24. The third-order valence-electron chi connectivity index (χ3n) is 8.78. The molecule has 0 spiro atoms. The Morgan fingerprint density at radius 3 is 2.37 bits per heavy atom. The largest absolute Gasteiger partial charge is 0.491 e. The van der Waals surface area contributed by atoms with Crippen LogP contribution >= 0.6 is 0 Å². The fraction of sp³-hybridized carbons (Fsp3) is 0.588. The molecule has 208 valence electrons. The van der Waals surface area contributed by atoms with E-state index in [9.17, 15) is 13.2 Å². The van der Waals surface area contributed by atoms with Crippen molar-refractivity contribution in [2.24, 2.45) is 11.8 Å². The van der Waals surface area contributed by atoms with Gasteiger partial charge in [-0.15, -0.1) is 0 Å². The molecule has 2 aliphatic carbocycles. The average molecular weight is 527 g/mol. The van der Waals surface area contributed by atoms with Crippen LogP contribution in [0.1, 0.15) is 120 Å². The number of hydrogen-bond acceptors (Lipinski definition) is 1. The molecule has 0 amide bonds. The van der Waals surface area contributed by atoms with Crippen molar-refractivity contribution in [3.8, 4) is 5.75 Å². The van der Waals surface area contributed by atoms with E-state index in [1.807, 2.05) is 6.07 Å². The molecule has 0 heterocycles. The van der Waals surface area contributed by atoms with Crippen LogP contribution in [-0.2, 0) is 6.42 Å². The van der Waals surface area contributed by atoms with E-state index in [2.05, 4.69) is 19.9 Å². The van der Waals surface area contributed by atoms with E-state index in [0.29, 0.717) is 47.7 Å². The van der Waals surface area contributed by atoms with Crippen molar-refractivity contribution in [3.05, 3.63) is 70.5 Å². The predicted octanol–water partition coefficient (Wildman–Crippen LogP) is 10.6. The third kappa shape index (κ3) is 7.67. The Hall–Kier alpha value is -2.23. The van der Waals surface area contributed by atoms with E-state index < -0.39 is 11.6 Å². The number of benzene rings is 2. The maximum absolute atomic E-state index is 14.9. The molecule has 2 aliphatic rings. The zero-order valence-corrected chi connectivity index (χ0v) is 23.3. The predicted molar refractivity (Wildman–Crippen MR) is 151 cm³/mol. The molecule has 1 unspecified atom stereocenters. The first-order chi connectivity index (χ1) is 18.5. The quantitative estimate of drug-likeness (QED) is 0.250. The molecular formula is C34H45F3O. The van der Waals surface area contributed by atoms with E-state index in [0.717, 1.165) is 75.3 Å². The molecule has 38 heavy (non-hydrogen) atoms. The summed E-state index contributed by atoms with van der Waals surface area (Å²) >= 11 is 0. The fourth-order valence-electron chi connectivity index (χ4n) is 6.16. The summed E-state index contributed by atoms with van der Waals surface area (Å²) < 4.78 is 50.1. The normalized spacial score (nSPS) is 21.8. The molecule has 0 saturated heterocycles. The molecule has 1 atom stereocenters. The number of allylic oxidation sites excluding steroid dienone is 2. The van der Waals surface area contributed by atoms with Gasteiger partial charge in [0.15, 0.2) is 23.2 Å². The Morgan fingerprint density at radius 1 is 0.868 bits per heavy atom. The van der Waals surface area contributed by atoms with Crippen molar-refractivity contribution < 1.29 is 17.9 Å². The molecule has 2 aromatic carbocycles. The summed E-state index contributed by atoms with van der Waals surface area (Å²) in [4.78, 5) is 0. The molecule has 0 aliphatic heterocycles. The number of ether oxygens (including phenoxy) is 1. The molecule has 0 N–H and O–H groups in total. The van der Waals surface area contributed by atoms with Crippen molar-refractivity contribution >= 4 is 5.57 Å². The standard InChI is InChI=1S/C34H45F3O/c1-3-4-5-6-7-22-38-32-21-19-29(23-31(32)35)26-15-10-25(11-16-26)12-17-28-18-20-30(34(37)33(28)36)27-13-8-24(2)9-14-27/h13,18-21,23-26H,3-12,14-17,22H2,1-2H3. The van der Waals surface area contributed by atoms with Crippen LogP contribution in [0, 0.1) is 29.3 Å². The molecule has 2 aromatic rings. The van der Waals surface area contributed by atoms with Crippen molar-refractivity contribution in [1.82, 2.24) is 0 Å². The number of hydrogen-bond donors (Lipinski definition) is 0. The van der Waals surface area contributed by atoms with E-state index in [1.54, 1.807) is 24.3 Å². The van der Waals surface area contributed by atoms with Gasteiger partial charge in [0.05, 0.1) is 6.61 Å². The van der Waals surface area contributed by atoms with Crippen LogP contribution in [-0.4, -0.2) is 6.61 Å². The van der Waals surface area contributed by atoms with Crippen molar-refractivity contribution in [2.45, 2.75) is 110 Å². The van der Waals surface area contributed by atoms with E-state index in [-0.39, 0.29) is 5.82 Å². The van der Waals surface area contributed by atoms with E-state index in [4.69, 9.17) is 4.74 Å². The Labute approximate surface area is 227 Å². The van der Waals surface area contributed by atoms with Crippen LogP contribution in [0.15, 0.2) is 36.4 Å². The van der Waals surface area contributed by atoms with Gasteiger partial charge in [-0.3, -0.25) is 0 Å². The second-order valence-corrected chi connectivity index (χ2v) is 11.7. The summed E-state index contributed by atoms with van der Waals surface area (Å²) in [5.41, 5.74) is 2.92. The smallest absolute Gasteiger partial charge is 0.166 e. The Bertz CT molecular complexity index is 1070. The molecule has 4 rings (SSSR count). The lowest BCUT2D eigenvalue weighted by Crippen LogP contribution is -2.15. The lowest BCUT2D eigenvalue weighted by molar-refractivity contribution is 0.288. The summed E-state index contributed by atoms with van der Waals surface area (Å²) in [6, 6.07) is 9.02. The van der Waals surface area contributed by atoms with Gasteiger partial charge in [0, 0.05) is 5.56 Å². The average Bonchev–Trinajstić information content (AvgIpc) is 2.93. The second-order valence-electron chi connectivity index (χ2n) is 11.7. The van der Waals surface area contributed by atoms with E-state index in [1.165, 1.54) is 19.3 Å². The van der Waals surface area contributed by atoms with Crippen LogP contribution < -0.4 is 4.74 Å². The fourth-order valence-corrected chi connectivity index (χ4v) is 6.16. The van der Waals surface area contributed by atoms with Gasteiger partial charge < -0.3 is 4.74 Å². The van der Waals surface area contributed by atoms with Crippen LogP contribution in [0.5, 0.6) is 5.75 Å². The van der Waals surface area contributed by atoms with Gasteiger partial charge in [0.25, 0.3) is 0 Å². The number of unbranched alkanes of at least 4 members (excludes halogenated alkanes) is 4. The van der Waals surface area contributed by atoms with Gasteiger partial charge in [0.1, 0.15) is 0 Å². The van der Waals surface area contributed by atoms with Crippen LogP contribution in [0.4, 0.5) is 13.2 Å². The topological polar surface area (TPSA) is 9.23 Å². The van der Waals surface area contributed by atoms with Gasteiger partial charge in [-0.25, -0.2) is 13.2 Å². The first-order valence-corrected chi connectivity index (χ1v) is 15.0. The van der Waals surface area contributed by atoms with Gasteiger partial charge in [0.2, 0.25) is 0 Å². The first kappa shape index (κ1) is 28.8. The molecule has 0 bridgehead atoms.